The average Bonchev–Trinajstić information content (AvgIpc) is 3.04. The van der Waals surface area contributed by atoms with Gasteiger partial charge in [-0.2, -0.15) is 0 Å². The molecule has 34 heavy (non-hydrogen) atoms. The number of rotatable bonds is 4. The summed E-state index contributed by atoms with van der Waals surface area (Å²) in [5.41, 5.74) is 4.60. The monoisotopic (exact) mass is 482 g/mol. The van der Waals surface area contributed by atoms with Gasteiger partial charge in [-0.05, 0) is 66.1 Å². The van der Waals surface area contributed by atoms with Crippen molar-refractivity contribution < 1.29 is 0 Å². The molecule has 1 aliphatic carbocycles. The van der Waals surface area contributed by atoms with Crippen LogP contribution in [0.5, 0.6) is 0 Å². The highest BCUT2D eigenvalue weighted by atomic mass is 32.2. The molecule has 0 spiro atoms. The lowest BCUT2D eigenvalue weighted by Crippen LogP contribution is -2.22. The molecule has 0 saturated heterocycles. The summed E-state index contributed by atoms with van der Waals surface area (Å²) in [6.45, 7) is 2.07. The Labute approximate surface area is 207 Å². The van der Waals surface area contributed by atoms with Crippen LogP contribution in [-0.4, -0.2) is 9.55 Å². The number of benzene rings is 3. The molecule has 2 aromatic heterocycles. The van der Waals surface area contributed by atoms with E-state index in [4.69, 9.17) is 4.98 Å². The minimum Gasteiger partial charge on any atom is -0.268 e. The predicted molar refractivity (Wildman–Crippen MR) is 145 cm³/mol. The molecule has 5 heteroatoms. The lowest BCUT2D eigenvalue weighted by Gasteiger charge is -2.15. The SMILES string of the molecule is Cc1ccccc1-n1c(SCc2cccc3ccccc23)nc2sc3c(c2c1=O)CCCCC3. The van der Waals surface area contributed by atoms with Crippen molar-refractivity contribution in [2.75, 3.05) is 0 Å². The molecular weight excluding hydrogens is 456 g/mol. The van der Waals surface area contributed by atoms with Crippen molar-refractivity contribution in [1.82, 2.24) is 9.55 Å². The lowest BCUT2D eigenvalue weighted by molar-refractivity contribution is 0.713. The van der Waals surface area contributed by atoms with Crippen LogP contribution in [0.15, 0.2) is 76.7 Å². The Bertz CT molecular complexity index is 1580. The zero-order chi connectivity index (χ0) is 23.1. The first-order valence-electron chi connectivity index (χ1n) is 11.9. The molecule has 0 aliphatic heterocycles. The van der Waals surface area contributed by atoms with Gasteiger partial charge in [0.1, 0.15) is 4.83 Å². The van der Waals surface area contributed by atoms with E-state index in [9.17, 15) is 4.79 Å². The third kappa shape index (κ3) is 3.77. The number of hydrogen-bond acceptors (Lipinski definition) is 4. The van der Waals surface area contributed by atoms with Gasteiger partial charge in [0.2, 0.25) is 0 Å². The van der Waals surface area contributed by atoms with Gasteiger partial charge in [-0.1, -0.05) is 78.8 Å². The standard InChI is InChI=1S/C29H26N2OS2/c1-19-10-5-8-16-24(19)31-28(32)26-23-15-3-2-4-17-25(23)34-27(26)30-29(31)33-18-21-13-9-12-20-11-6-7-14-22(20)21/h5-14,16H,2-4,15,17-18H2,1H3. The van der Waals surface area contributed by atoms with Crippen LogP contribution in [0, 0.1) is 6.92 Å². The summed E-state index contributed by atoms with van der Waals surface area (Å²) in [6.07, 6.45) is 5.65. The molecule has 0 unspecified atom stereocenters. The Balaban J connectivity index is 1.52. The fourth-order valence-corrected chi connectivity index (χ4v) is 7.36. The topological polar surface area (TPSA) is 34.9 Å². The number of aryl methyl sites for hydroxylation is 3. The first-order valence-corrected chi connectivity index (χ1v) is 13.7. The van der Waals surface area contributed by atoms with Gasteiger partial charge in [0.05, 0.1) is 11.1 Å². The molecule has 0 N–H and O–H groups in total. The number of thioether (sulfide) groups is 1. The summed E-state index contributed by atoms with van der Waals surface area (Å²) in [4.78, 5) is 21.5. The van der Waals surface area contributed by atoms with Gasteiger partial charge in [0, 0.05) is 10.6 Å². The van der Waals surface area contributed by atoms with Gasteiger partial charge in [0.25, 0.3) is 5.56 Å². The first-order chi connectivity index (χ1) is 16.7. The second-order valence-corrected chi connectivity index (χ2v) is 11.0. The lowest BCUT2D eigenvalue weighted by atomic mass is 10.1. The molecule has 2 heterocycles. The molecule has 170 valence electrons. The van der Waals surface area contributed by atoms with Gasteiger partial charge >= 0.3 is 0 Å². The predicted octanol–water partition coefficient (Wildman–Crippen LogP) is 7.47. The van der Waals surface area contributed by atoms with E-state index in [0.717, 1.165) is 51.6 Å². The van der Waals surface area contributed by atoms with E-state index in [0.29, 0.717) is 0 Å². The molecule has 1 aliphatic rings. The molecule has 0 saturated carbocycles. The van der Waals surface area contributed by atoms with Crippen molar-refractivity contribution in [3.63, 3.8) is 0 Å². The summed E-state index contributed by atoms with van der Waals surface area (Å²) >= 11 is 3.39. The summed E-state index contributed by atoms with van der Waals surface area (Å²) in [7, 11) is 0. The summed E-state index contributed by atoms with van der Waals surface area (Å²) in [5, 5.41) is 4.12. The van der Waals surface area contributed by atoms with Gasteiger partial charge < -0.3 is 0 Å². The summed E-state index contributed by atoms with van der Waals surface area (Å²) < 4.78 is 1.87. The largest absolute Gasteiger partial charge is 0.268 e. The van der Waals surface area contributed by atoms with Crippen molar-refractivity contribution in [3.05, 3.63) is 98.7 Å². The second kappa shape index (κ2) is 9.05. The number of nitrogens with zero attached hydrogens (tertiary/aromatic N) is 2. The highest BCUT2D eigenvalue weighted by molar-refractivity contribution is 7.98. The molecule has 0 fully saturated rings. The maximum atomic E-state index is 14.1. The van der Waals surface area contributed by atoms with E-state index >= 15 is 0 Å². The number of fused-ring (bicyclic) bond motifs is 4. The number of thiophene rings is 1. The zero-order valence-corrected chi connectivity index (χ0v) is 20.8. The highest BCUT2D eigenvalue weighted by Gasteiger charge is 2.23. The van der Waals surface area contributed by atoms with E-state index in [1.54, 1.807) is 23.1 Å². The van der Waals surface area contributed by atoms with Crippen LogP contribution in [0.4, 0.5) is 0 Å². The minimum atomic E-state index is 0.0825. The van der Waals surface area contributed by atoms with Crippen LogP contribution in [0.3, 0.4) is 0 Å². The Morgan fingerprint density at radius 2 is 1.74 bits per heavy atom. The van der Waals surface area contributed by atoms with Crippen LogP contribution >= 0.6 is 23.1 Å². The number of aromatic nitrogens is 2. The molecule has 3 nitrogen and oxygen atoms in total. The number of hydrogen-bond donors (Lipinski definition) is 0. The maximum absolute atomic E-state index is 14.1. The minimum absolute atomic E-state index is 0.0825. The molecule has 6 rings (SSSR count). The third-order valence-electron chi connectivity index (χ3n) is 6.80. The zero-order valence-electron chi connectivity index (χ0n) is 19.2. The van der Waals surface area contributed by atoms with Gasteiger partial charge in [-0.25, -0.2) is 4.98 Å². The fourth-order valence-electron chi connectivity index (χ4n) is 5.05. The quantitative estimate of drug-likeness (QED) is 0.151. The van der Waals surface area contributed by atoms with Crippen LogP contribution in [0.2, 0.25) is 0 Å². The smallest absolute Gasteiger partial charge is 0.267 e. The summed E-state index contributed by atoms with van der Waals surface area (Å²) in [6, 6.07) is 23.1. The molecule has 0 bridgehead atoms. The van der Waals surface area contributed by atoms with E-state index in [1.807, 2.05) is 22.8 Å². The third-order valence-corrected chi connectivity index (χ3v) is 8.97. The molecule has 0 atom stereocenters. The molecule has 0 amide bonds. The average molecular weight is 483 g/mol. The first kappa shape index (κ1) is 21.6. The molecule has 5 aromatic rings. The van der Waals surface area contributed by atoms with Gasteiger partial charge in [-0.3, -0.25) is 9.36 Å². The van der Waals surface area contributed by atoms with Crippen molar-refractivity contribution >= 4 is 44.1 Å². The van der Waals surface area contributed by atoms with Gasteiger partial charge in [0.15, 0.2) is 5.16 Å². The van der Waals surface area contributed by atoms with E-state index in [-0.39, 0.29) is 5.56 Å². The van der Waals surface area contributed by atoms with Crippen molar-refractivity contribution in [1.29, 1.82) is 0 Å². The highest BCUT2D eigenvalue weighted by Crippen LogP contribution is 2.36. The normalized spacial score (nSPS) is 13.8. The second-order valence-electron chi connectivity index (χ2n) is 8.99. The molecular formula is C29H26N2OS2. The van der Waals surface area contributed by atoms with E-state index in [2.05, 4.69) is 55.5 Å². The molecule has 0 radical (unpaired) electrons. The Hall–Kier alpha value is -2.89. The Morgan fingerprint density at radius 1 is 0.941 bits per heavy atom. The Morgan fingerprint density at radius 3 is 2.65 bits per heavy atom. The molecule has 3 aromatic carbocycles. The van der Waals surface area contributed by atoms with Crippen LogP contribution in [0.25, 0.3) is 26.7 Å². The van der Waals surface area contributed by atoms with Crippen LogP contribution in [-0.2, 0) is 18.6 Å². The van der Waals surface area contributed by atoms with Gasteiger partial charge in [-0.15, -0.1) is 11.3 Å². The summed E-state index contributed by atoms with van der Waals surface area (Å²) in [5.74, 6) is 0.760. The maximum Gasteiger partial charge on any atom is 0.267 e. The Kier molecular flexibility index (Phi) is 5.75. The van der Waals surface area contributed by atoms with E-state index in [1.165, 1.54) is 39.6 Å². The van der Waals surface area contributed by atoms with Crippen LogP contribution < -0.4 is 5.56 Å². The number of para-hydroxylation sites is 1. The van der Waals surface area contributed by atoms with Crippen LogP contribution in [0.1, 0.15) is 40.8 Å². The van der Waals surface area contributed by atoms with Crippen molar-refractivity contribution in [3.8, 4) is 5.69 Å². The fraction of sp³-hybridized carbons (Fsp3) is 0.241. The van der Waals surface area contributed by atoms with Crippen molar-refractivity contribution in [2.45, 2.75) is 49.9 Å². The van der Waals surface area contributed by atoms with E-state index < -0.39 is 0 Å². The van der Waals surface area contributed by atoms with Crippen molar-refractivity contribution in [2.24, 2.45) is 0 Å².